The van der Waals surface area contributed by atoms with E-state index in [0.717, 1.165) is 17.3 Å². The largest absolute Gasteiger partial charge is 0.335 e. The molecule has 2 amide bonds. The zero-order chi connectivity index (χ0) is 28.7. The molecule has 4 aromatic heterocycles. The molecule has 1 aliphatic heterocycles. The molecule has 0 bridgehead atoms. The number of aromatic nitrogens is 6. The van der Waals surface area contributed by atoms with E-state index >= 15 is 0 Å². The second-order valence-corrected chi connectivity index (χ2v) is 10.3. The number of hydrogen-bond acceptors (Lipinski definition) is 6. The summed E-state index contributed by atoms with van der Waals surface area (Å²) in [4.78, 5) is 35.2. The summed E-state index contributed by atoms with van der Waals surface area (Å²) in [5.74, 6) is -1.10. The standard InChI is InChI=1S/C29H26F2N8O2/c1-17(2)13-26(40)37-11-12-38-22(15-37)27(28(36-38)18-3-5-20(30)6-4-18)21-7-8-25-33-24(16-39(25)35-21)34-29(41)19-9-10-32-23(31)14-19/h3-10,14,16-17H,11-13,15H2,1-2H3,(H,34,41). The summed E-state index contributed by atoms with van der Waals surface area (Å²) >= 11 is 0. The Hall–Kier alpha value is -5.00. The number of rotatable bonds is 6. The van der Waals surface area contributed by atoms with E-state index in [9.17, 15) is 18.4 Å². The number of hydrogen-bond donors (Lipinski definition) is 1. The highest BCUT2D eigenvalue weighted by molar-refractivity contribution is 6.03. The van der Waals surface area contributed by atoms with Crippen molar-refractivity contribution in [3.05, 3.63) is 83.9 Å². The molecule has 5 aromatic rings. The SMILES string of the molecule is CC(C)CC(=O)N1CCn2nc(-c3ccc(F)cc3)c(-c3ccc4nc(NC(=O)c5ccnc(F)c5)cn4n3)c2C1. The second kappa shape index (κ2) is 10.5. The molecule has 5 heterocycles. The summed E-state index contributed by atoms with van der Waals surface area (Å²) in [7, 11) is 0. The van der Waals surface area contributed by atoms with E-state index in [0.29, 0.717) is 48.7 Å². The average Bonchev–Trinajstić information content (AvgIpc) is 3.53. The van der Waals surface area contributed by atoms with Gasteiger partial charge in [-0.25, -0.2) is 18.9 Å². The van der Waals surface area contributed by atoms with Gasteiger partial charge in [0.05, 0.1) is 36.2 Å². The Morgan fingerprint density at radius 3 is 2.59 bits per heavy atom. The van der Waals surface area contributed by atoms with Crippen molar-refractivity contribution >= 4 is 23.3 Å². The van der Waals surface area contributed by atoms with Crippen molar-refractivity contribution in [1.29, 1.82) is 0 Å². The van der Waals surface area contributed by atoms with Crippen LogP contribution in [0.25, 0.3) is 28.2 Å². The fraction of sp³-hybridized carbons (Fsp3) is 0.241. The maximum atomic E-state index is 13.7. The monoisotopic (exact) mass is 556 g/mol. The van der Waals surface area contributed by atoms with Gasteiger partial charge in [-0.3, -0.25) is 14.3 Å². The number of halogens is 2. The first-order valence-electron chi connectivity index (χ1n) is 13.2. The van der Waals surface area contributed by atoms with Crippen molar-refractivity contribution in [3.8, 4) is 22.5 Å². The van der Waals surface area contributed by atoms with Gasteiger partial charge in [-0.15, -0.1) is 0 Å². The molecule has 0 spiro atoms. The molecule has 6 rings (SSSR count). The molecule has 0 saturated carbocycles. The van der Waals surface area contributed by atoms with Crippen LogP contribution in [0.2, 0.25) is 0 Å². The van der Waals surface area contributed by atoms with E-state index < -0.39 is 11.9 Å². The summed E-state index contributed by atoms with van der Waals surface area (Å²) in [5.41, 5.74) is 4.05. The molecule has 10 nitrogen and oxygen atoms in total. The molecular weight excluding hydrogens is 530 g/mol. The average molecular weight is 557 g/mol. The number of anilines is 1. The van der Waals surface area contributed by atoms with Crippen molar-refractivity contribution in [2.45, 2.75) is 33.4 Å². The van der Waals surface area contributed by atoms with E-state index in [-0.39, 0.29) is 29.0 Å². The Balaban J connectivity index is 1.38. The van der Waals surface area contributed by atoms with Gasteiger partial charge in [0.15, 0.2) is 11.5 Å². The van der Waals surface area contributed by atoms with Crippen LogP contribution in [0, 0.1) is 17.7 Å². The summed E-state index contributed by atoms with van der Waals surface area (Å²) < 4.78 is 30.6. The van der Waals surface area contributed by atoms with Crippen LogP contribution in [0.1, 0.15) is 36.3 Å². The lowest BCUT2D eigenvalue weighted by Gasteiger charge is -2.29. The van der Waals surface area contributed by atoms with Crippen molar-refractivity contribution in [2.24, 2.45) is 5.92 Å². The normalized spacial score (nSPS) is 13.0. The van der Waals surface area contributed by atoms with E-state index in [4.69, 9.17) is 10.2 Å². The van der Waals surface area contributed by atoms with Gasteiger partial charge >= 0.3 is 0 Å². The van der Waals surface area contributed by atoms with Crippen LogP contribution in [0.15, 0.2) is 60.9 Å². The van der Waals surface area contributed by atoms with Crippen molar-refractivity contribution in [3.63, 3.8) is 0 Å². The number of fused-ring (bicyclic) bond motifs is 2. The van der Waals surface area contributed by atoms with Crippen LogP contribution < -0.4 is 5.32 Å². The van der Waals surface area contributed by atoms with Gasteiger partial charge in [0.1, 0.15) is 11.5 Å². The van der Waals surface area contributed by atoms with Crippen molar-refractivity contribution in [2.75, 3.05) is 11.9 Å². The Kier molecular flexibility index (Phi) is 6.73. The maximum Gasteiger partial charge on any atom is 0.257 e. The van der Waals surface area contributed by atoms with Crippen molar-refractivity contribution < 1.29 is 18.4 Å². The quantitative estimate of drug-likeness (QED) is 0.307. The molecular formula is C29H26F2N8O2. The third-order valence-electron chi connectivity index (χ3n) is 6.84. The van der Waals surface area contributed by atoms with Gasteiger partial charge in [-0.05, 0) is 48.4 Å². The van der Waals surface area contributed by atoms with E-state index in [1.807, 2.05) is 23.4 Å². The first-order valence-corrected chi connectivity index (χ1v) is 13.2. The number of nitrogens with zero attached hydrogens (tertiary/aromatic N) is 7. The van der Waals surface area contributed by atoms with Crippen molar-refractivity contribution in [1.82, 2.24) is 34.3 Å². The van der Waals surface area contributed by atoms with Gasteiger partial charge in [0.2, 0.25) is 11.9 Å². The van der Waals surface area contributed by atoms with E-state index in [2.05, 4.69) is 15.3 Å². The number of pyridine rings is 1. The highest BCUT2D eigenvalue weighted by Gasteiger charge is 2.29. The molecule has 0 saturated heterocycles. The Bertz CT molecular complexity index is 1780. The zero-order valence-corrected chi connectivity index (χ0v) is 22.4. The maximum absolute atomic E-state index is 13.7. The predicted octanol–water partition coefficient (Wildman–Crippen LogP) is 4.57. The van der Waals surface area contributed by atoms with Crippen LogP contribution in [0.3, 0.4) is 0 Å². The van der Waals surface area contributed by atoms with Crippen LogP contribution in [-0.4, -0.2) is 52.6 Å². The van der Waals surface area contributed by atoms with E-state index in [1.54, 1.807) is 30.5 Å². The molecule has 1 N–H and O–H groups in total. The lowest BCUT2D eigenvalue weighted by atomic mass is 10.0. The summed E-state index contributed by atoms with van der Waals surface area (Å²) in [6.45, 7) is 5.46. The lowest BCUT2D eigenvalue weighted by Crippen LogP contribution is -2.39. The minimum atomic E-state index is -0.759. The Morgan fingerprint density at radius 2 is 1.83 bits per heavy atom. The minimum Gasteiger partial charge on any atom is -0.335 e. The highest BCUT2D eigenvalue weighted by Crippen LogP contribution is 2.36. The summed E-state index contributed by atoms with van der Waals surface area (Å²) in [6, 6.07) is 12.1. The number of carbonyl (C=O) groups is 2. The number of amides is 2. The number of carbonyl (C=O) groups excluding carboxylic acids is 2. The molecule has 0 atom stereocenters. The second-order valence-electron chi connectivity index (χ2n) is 10.3. The number of nitrogens with one attached hydrogen (secondary N) is 1. The molecule has 208 valence electrons. The molecule has 1 aromatic carbocycles. The van der Waals surface area contributed by atoms with Gasteiger partial charge in [-0.2, -0.15) is 14.6 Å². The zero-order valence-electron chi connectivity index (χ0n) is 22.4. The number of imidazole rings is 1. The van der Waals surface area contributed by atoms with Crippen LogP contribution >= 0.6 is 0 Å². The Morgan fingerprint density at radius 1 is 1.02 bits per heavy atom. The third-order valence-corrected chi connectivity index (χ3v) is 6.84. The number of benzene rings is 1. The molecule has 0 aliphatic carbocycles. The minimum absolute atomic E-state index is 0.0780. The third kappa shape index (κ3) is 5.28. The van der Waals surface area contributed by atoms with Gasteiger partial charge in [0.25, 0.3) is 5.91 Å². The molecule has 41 heavy (non-hydrogen) atoms. The molecule has 1 aliphatic rings. The fourth-order valence-corrected chi connectivity index (χ4v) is 4.90. The van der Waals surface area contributed by atoms with Crippen LogP contribution in [0.5, 0.6) is 0 Å². The first-order chi connectivity index (χ1) is 19.7. The van der Waals surface area contributed by atoms with Gasteiger partial charge in [0, 0.05) is 36.4 Å². The topological polar surface area (TPSA) is 110 Å². The van der Waals surface area contributed by atoms with Gasteiger partial charge in [-0.1, -0.05) is 13.8 Å². The van der Waals surface area contributed by atoms with Crippen LogP contribution in [0.4, 0.5) is 14.6 Å². The van der Waals surface area contributed by atoms with Gasteiger partial charge < -0.3 is 10.2 Å². The predicted molar refractivity (Wildman–Crippen MR) is 147 cm³/mol. The Labute approximate surface area is 233 Å². The first kappa shape index (κ1) is 26.2. The molecule has 12 heteroatoms. The molecule has 0 radical (unpaired) electrons. The van der Waals surface area contributed by atoms with Crippen LogP contribution in [-0.2, 0) is 17.9 Å². The highest BCUT2D eigenvalue weighted by atomic mass is 19.1. The molecule has 0 unspecified atom stereocenters. The summed E-state index contributed by atoms with van der Waals surface area (Å²) in [5, 5.41) is 12.3. The smallest absolute Gasteiger partial charge is 0.257 e. The fourth-order valence-electron chi connectivity index (χ4n) is 4.90. The summed E-state index contributed by atoms with van der Waals surface area (Å²) in [6.07, 6.45) is 3.22. The lowest BCUT2D eigenvalue weighted by molar-refractivity contribution is -0.133. The van der Waals surface area contributed by atoms with E-state index in [1.165, 1.54) is 28.9 Å². The molecule has 0 fully saturated rings.